The van der Waals surface area contributed by atoms with E-state index < -0.39 is 6.04 Å². The first-order valence-corrected chi connectivity index (χ1v) is 10.4. The van der Waals surface area contributed by atoms with Gasteiger partial charge in [-0.1, -0.05) is 48.5 Å². The molecule has 152 valence electrons. The minimum Gasteiger partial charge on any atom is -0.459 e. The maximum Gasteiger partial charge on any atom is 0.287 e. The van der Waals surface area contributed by atoms with E-state index in [4.69, 9.17) is 4.42 Å². The number of nitrogens with one attached hydrogen (secondary N) is 2. The normalized spacial score (nSPS) is 22.0. The van der Waals surface area contributed by atoms with E-state index in [0.717, 1.165) is 6.42 Å². The predicted octanol–water partition coefficient (Wildman–Crippen LogP) is 3.81. The topological polar surface area (TPSA) is 71.3 Å². The van der Waals surface area contributed by atoms with Gasteiger partial charge in [-0.2, -0.15) is 0 Å². The van der Waals surface area contributed by atoms with E-state index in [9.17, 15) is 9.59 Å². The molecule has 1 heterocycles. The number of carbonyl (C=O) groups is 2. The fourth-order valence-electron chi connectivity index (χ4n) is 5.09. The molecule has 5 heteroatoms. The summed E-state index contributed by atoms with van der Waals surface area (Å²) in [5, 5.41) is 5.76. The van der Waals surface area contributed by atoms with Crippen LogP contribution in [-0.4, -0.2) is 24.4 Å². The largest absolute Gasteiger partial charge is 0.459 e. The lowest BCUT2D eigenvalue weighted by molar-refractivity contribution is -0.122. The van der Waals surface area contributed by atoms with Gasteiger partial charge in [0, 0.05) is 18.4 Å². The Morgan fingerprint density at radius 2 is 1.60 bits per heavy atom. The van der Waals surface area contributed by atoms with Crippen LogP contribution in [0, 0.1) is 5.92 Å². The summed E-state index contributed by atoms with van der Waals surface area (Å²) < 4.78 is 5.09. The van der Waals surface area contributed by atoms with Gasteiger partial charge < -0.3 is 15.1 Å². The second kappa shape index (κ2) is 7.48. The third-order valence-corrected chi connectivity index (χ3v) is 6.45. The monoisotopic (exact) mass is 400 g/mol. The Morgan fingerprint density at radius 1 is 0.967 bits per heavy atom. The minimum absolute atomic E-state index is 0.182. The average Bonchev–Trinajstić information content (AvgIpc) is 3.33. The molecule has 0 radical (unpaired) electrons. The van der Waals surface area contributed by atoms with Crippen molar-refractivity contribution in [3.05, 3.63) is 94.9 Å². The summed E-state index contributed by atoms with van der Waals surface area (Å²) in [6, 6.07) is 19.9. The van der Waals surface area contributed by atoms with E-state index >= 15 is 0 Å². The zero-order valence-corrected chi connectivity index (χ0v) is 16.8. The minimum atomic E-state index is -0.636. The highest BCUT2D eigenvalue weighted by Gasteiger charge is 2.42. The van der Waals surface area contributed by atoms with Crippen LogP contribution in [0.15, 0.2) is 71.3 Å². The highest BCUT2D eigenvalue weighted by atomic mass is 16.3. The summed E-state index contributed by atoms with van der Waals surface area (Å²) in [6.45, 7) is 2.28. The number of benzene rings is 2. The summed E-state index contributed by atoms with van der Waals surface area (Å²) in [7, 11) is 0. The number of hydrogen-bond acceptors (Lipinski definition) is 3. The van der Waals surface area contributed by atoms with Gasteiger partial charge in [0.2, 0.25) is 5.91 Å². The molecule has 1 aromatic heterocycles. The van der Waals surface area contributed by atoms with Gasteiger partial charge in [-0.25, -0.2) is 0 Å². The van der Waals surface area contributed by atoms with E-state index in [0.29, 0.717) is 18.4 Å². The Labute approximate surface area is 175 Å². The number of fused-ring (bicyclic) bond motifs is 1. The summed E-state index contributed by atoms with van der Waals surface area (Å²) in [5.41, 5.74) is 5.60. The maximum absolute atomic E-state index is 12.6. The van der Waals surface area contributed by atoms with Gasteiger partial charge in [0.1, 0.15) is 6.04 Å². The van der Waals surface area contributed by atoms with Crippen molar-refractivity contribution in [3.63, 3.8) is 0 Å². The Hall–Kier alpha value is -3.34. The molecule has 0 fully saturated rings. The molecule has 30 heavy (non-hydrogen) atoms. The zero-order chi connectivity index (χ0) is 20.7. The molecular formula is C25H24N2O3. The Kier molecular flexibility index (Phi) is 4.66. The third kappa shape index (κ3) is 3.11. The van der Waals surface area contributed by atoms with Gasteiger partial charge in [0.15, 0.2) is 5.76 Å². The highest BCUT2D eigenvalue weighted by Crippen LogP contribution is 2.55. The van der Waals surface area contributed by atoms with Crippen LogP contribution in [-0.2, 0) is 4.79 Å². The highest BCUT2D eigenvalue weighted by molar-refractivity contribution is 5.95. The smallest absolute Gasteiger partial charge is 0.287 e. The maximum atomic E-state index is 12.6. The van der Waals surface area contributed by atoms with Crippen molar-refractivity contribution in [1.29, 1.82) is 0 Å². The number of furan rings is 1. The molecule has 0 saturated heterocycles. The Balaban J connectivity index is 1.29. The van der Waals surface area contributed by atoms with Crippen molar-refractivity contribution in [2.24, 2.45) is 5.92 Å². The lowest BCUT2D eigenvalue weighted by Crippen LogP contribution is -2.47. The first-order chi connectivity index (χ1) is 14.6. The van der Waals surface area contributed by atoms with Gasteiger partial charge in [-0.15, -0.1) is 0 Å². The van der Waals surface area contributed by atoms with Crippen molar-refractivity contribution in [2.45, 2.75) is 31.2 Å². The summed E-state index contributed by atoms with van der Waals surface area (Å²) in [5.74, 6) is 0.625. The van der Waals surface area contributed by atoms with Crippen LogP contribution in [0.1, 0.15) is 58.0 Å². The number of rotatable bonds is 5. The van der Waals surface area contributed by atoms with Crippen molar-refractivity contribution >= 4 is 11.8 Å². The Bertz CT molecular complexity index is 1040. The quantitative estimate of drug-likeness (QED) is 0.684. The second-order valence-electron chi connectivity index (χ2n) is 8.20. The van der Waals surface area contributed by atoms with E-state index in [-0.39, 0.29) is 23.5 Å². The molecule has 2 aromatic carbocycles. The SMILES string of the molecule is C[C@@H](NC(=O)c1ccco1)C(=O)NC[C@H]1CC2c3ccccc3C1c1ccccc12. The van der Waals surface area contributed by atoms with Crippen molar-refractivity contribution in [1.82, 2.24) is 10.6 Å². The summed E-state index contributed by atoms with van der Waals surface area (Å²) in [4.78, 5) is 24.8. The fraction of sp³-hybridized carbons (Fsp3) is 0.280. The lowest BCUT2D eigenvalue weighted by atomic mass is 9.59. The predicted molar refractivity (Wildman–Crippen MR) is 113 cm³/mol. The average molecular weight is 400 g/mol. The molecule has 2 N–H and O–H groups in total. The molecule has 0 saturated carbocycles. The lowest BCUT2D eigenvalue weighted by Gasteiger charge is -2.45. The van der Waals surface area contributed by atoms with Crippen LogP contribution in [0.4, 0.5) is 0 Å². The van der Waals surface area contributed by atoms with Crippen LogP contribution in [0.5, 0.6) is 0 Å². The molecule has 2 amide bonds. The first-order valence-electron chi connectivity index (χ1n) is 10.4. The fourth-order valence-corrected chi connectivity index (χ4v) is 5.09. The molecule has 0 aliphatic heterocycles. The zero-order valence-electron chi connectivity index (χ0n) is 16.8. The summed E-state index contributed by atoms with van der Waals surface area (Å²) >= 11 is 0. The molecular weight excluding hydrogens is 376 g/mol. The van der Waals surface area contributed by atoms with Gasteiger partial charge in [0.25, 0.3) is 5.91 Å². The van der Waals surface area contributed by atoms with Crippen LogP contribution in [0.3, 0.4) is 0 Å². The molecule has 5 nitrogen and oxygen atoms in total. The standard InChI is InChI=1S/C25H24N2O3/c1-15(27-25(29)22-11-6-12-30-22)24(28)26-14-16-13-21-17-7-2-4-9-19(17)23(16)20-10-5-3-8-18(20)21/h2-12,15-16,21,23H,13-14H2,1H3,(H,26,28)(H,27,29)/t15-,16-,21?,23?/m1/s1. The van der Waals surface area contributed by atoms with Crippen LogP contribution in [0.2, 0.25) is 0 Å². The van der Waals surface area contributed by atoms with Crippen molar-refractivity contribution in [2.75, 3.05) is 6.54 Å². The molecule has 0 unspecified atom stereocenters. The molecule has 2 atom stereocenters. The molecule has 6 rings (SSSR count). The van der Waals surface area contributed by atoms with E-state index in [1.807, 2.05) is 0 Å². The molecule has 0 spiro atoms. The molecule has 3 aromatic rings. The molecule has 3 aliphatic carbocycles. The van der Waals surface area contributed by atoms with E-state index in [1.54, 1.807) is 19.1 Å². The number of amides is 2. The van der Waals surface area contributed by atoms with Gasteiger partial charge in [-0.3, -0.25) is 9.59 Å². The number of hydrogen-bond donors (Lipinski definition) is 2. The van der Waals surface area contributed by atoms with Crippen molar-refractivity contribution < 1.29 is 14.0 Å². The Morgan fingerprint density at radius 3 is 2.20 bits per heavy atom. The third-order valence-electron chi connectivity index (χ3n) is 6.45. The summed E-state index contributed by atoms with van der Waals surface area (Å²) in [6.07, 6.45) is 2.46. The van der Waals surface area contributed by atoms with Gasteiger partial charge >= 0.3 is 0 Å². The van der Waals surface area contributed by atoms with Crippen LogP contribution in [0.25, 0.3) is 0 Å². The number of carbonyl (C=O) groups excluding carboxylic acids is 2. The van der Waals surface area contributed by atoms with Crippen LogP contribution >= 0.6 is 0 Å². The second-order valence-corrected chi connectivity index (χ2v) is 8.20. The van der Waals surface area contributed by atoms with E-state index in [2.05, 4.69) is 59.2 Å². The first kappa shape index (κ1) is 18.7. The molecule has 2 bridgehead atoms. The van der Waals surface area contributed by atoms with Crippen LogP contribution < -0.4 is 10.6 Å². The van der Waals surface area contributed by atoms with Crippen molar-refractivity contribution in [3.8, 4) is 0 Å². The van der Waals surface area contributed by atoms with Gasteiger partial charge in [-0.05, 0) is 53.6 Å². The molecule has 3 aliphatic rings. The van der Waals surface area contributed by atoms with Gasteiger partial charge in [0.05, 0.1) is 6.26 Å². The van der Waals surface area contributed by atoms with E-state index in [1.165, 1.54) is 28.5 Å².